The van der Waals surface area contributed by atoms with Crippen LogP contribution in [-0.2, 0) is 9.53 Å². The van der Waals surface area contributed by atoms with Crippen molar-refractivity contribution in [3.8, 4) is 0 Å². The Labute approximate surface area is 92.0 Å². The first kappa shape index (κ1) is 12.5. The number of piperidine rings is 1. The summed E-state index contributed by atoms with van der Waals surface area (Å²) in [4.78, 5) is 13.8. The minimum atomic E-state index is -0.133. The predicted octanol–water partition coefficient (Wildman–Crippen LogP) is 0.622. The third-order valence-corrected chi connectivity index (χ3v) is 3.19. The van der Waals surface area contributed by atoms with Crippen LogP contribution < -0.4 is 5.32 Å². The fraction of sp³-hybridized carbons (Fsp3) is 0.909. The van der Waals surface area contributed by atoms with Crippen LogP contribution in [0.1, 0.15) is 26.7 Å². The largest absolute Gasteiger partial charge is 0.468 e. The summed E-state index contributed by atoms with van der Waals surface area (Å²) in [6.07, 6.45) is 1.99. The van der Waals surface area contributed by atoms with E-state index in [0.717, 1.165) is 32.5 Å². The monoisotopic (exact) mass is 214 g/mol. The molecule has 0 amide bonds. The number of ether oxygens (including phenoxy) is 1. The van der Waals surface area contributed by atoms with Crippen molar-refractivity contribution in [3.05, 3.63) is 0 Å². The molecule has 0 radical (unpaired) electrons. The second-order valence-electron chi connectivity index (χ2n) is 3.93. The number of carbonyl (C=O) groups excluding carboxylic acids is 1. The topological polar surface area (TPSA) is 41.6 Å². The van der Waals surface area contributed by atoms with E-state index in [0.29, 0.717) is 6.04 Å². The molecule has 1 aliphatic heterocycles. The molecule has 0 spiro atoms. The fourth-order valence-corrected chi connectivity index (χ4v) is 2.29. The van der Waals surface area contributed by atoms with Gasteiger partial charge in [-0.3, -0.25) is 4.79 Å². The lowest BCUT2D eigenvalue weighted by Crippen LogP contribution is -2.51. The Morgan fingerprint density at radius 3 is 2.67 bits per heavy atom. The number of nitrogens with one attached hydrogen (secondary N) is 1. The van der Waals surface area contributed by atoms with Gasteiger partial charge in [-0.15, -0.1) is 0 Å². The first-order valence-electron chi connectivity index (χ1n) is 5.78. The molecule has 88 valence electrons. The Hall–Kier alpha value is -0.610. The van der Waals surface area contributed by atoms with E-state index >= 15 is 0 Å². The van der Waals surface area contributed by atoms with Gasteiger partial charge in [0.25, 0.3) is 0 Å². The lowest BCUT2D eigenvalue weighted by Gasteiger charge is -2.36. The van der Waals surface area contributed by atoms with Gasteiger partial charge in [0.15, 0.2) is 0 Å². The van der Waals surface area contributed by atoms with Crippen LogP contribution in [0.2, 0.25) is 0 Å². The summed E-state index contributed by atoms with van der Waals surface area (Å²) in [5, 5.41) is 3.20. The van der Waals surface area contributed by atoms with Crippen molar-refractivity contribution < 1.29 is 9.53 Å². The van der Waals surface area contributed by atoms with Crippen molar-refractivity contribution in [1.82, 2.24) is 10.2 Å². The van der Waals surface area contributed by atoms with Crippen molar-refractivity contribution in [2.75, 3.05) is 26.7 Å². The number of esters is 1. The number of carbonyl (C=O) groups is 1. The van der Waals surface area contributed by atoms with Crippen LogP contribution in [0.25, 0.3) is 0 Å². The second-order valence-corrected chi connectivity index (χ2v) is 3.93. The third kappa shape index (κ3) is 3.18. The quantitative estimate of drug-likeness (QED) is 0.697. The van der Waals surface area contributed by atoms with E-state index in [-0.39, 0.29) is 12.0 Å². The van der Waals surface area contributed by atoms with Crippen LogP contribution in [0.3, 0.4) is 0 Å². The lowest BCUT2D eigenvalue weighted by atomic mass is 9.98. The summed E-state index contributed by atoms with van der Waals surface area (Å²) >= 11 is 0. The van der Waals surface area contributed by atoms with Crippen molar-refractivity contribution in [3.63, 3.8) is 0 Å². The van der Waals surface area contributed by atoms with E-state index < -0.39 is 0 Å². The molecule has 1 heterocycles. The van der Waals surface area contributed by atoms with E-state index in [9.17, 15) is 4.79 Å². The number of methoxy groups -OCH3 is 1. The average Bonchev–Trinajstić information content (AvgIpc) is 2.30. The van der Waals surface area contributed by atoms with Crippen LogP contribution in [0.4, 0.5) is 0 Å². The van der Waals surface area contributed by atoms with Crippen LogP contribution in [-0.4, -0.2) is 49.7 Å². The summed E-state index contributed by atoms with van der Waals surface area (Å²) in [5.41, 5.74) is 0. The molecule has 2 atom stereocenters. The molecule has 0 aromatic rings. The third-order valence-electron chi connectivity index (χ3n) is 3.19. The molecular weight excluding hydrogens is 192 g/mol. The molecule has 1 aliphatic rings. The minimum Gasteiger partial charge on any atom is -0.468 e. The first-order chi connectivity index (χ1) is 7.22. The number of hydrogen-bond acceptors (Lipinski definition) is 4. The molecule has 15 heavy (non-hydrogen) atoms. The summed E-state index contributed by atoms with van der Waals surface area (Å²) < 4.78 is 4.77. The van der Waals surface area contributed by atoms with Gasteiger partial charge in [0.05, 0.1) is 7.11 Å². The number of rotatable bonds is 4. The van der Waals surface area contributed by atoms with Gasteiger partial charge < -0.3 is 15.0 Å². The number of hydrogen-bond donors (Lipinski definition) is 1. The molecule has 1 N–H and O–H groups in total. The van der Waals surface area contributed by atoms with E-state index in [4.69, 9.17) is 4.74 Å². The van der Waals surface area contributed by atoms with Crippen molar-refractivity contribution in [2.45, 2.75) is 38.8 Å². The van der Waals surface area contributed by atoms with Crippen molar-refractivity contribution in [1.29, 1.82) is 0 Å². The normalized spacial score (nSPS) is 26.7. The van der Waals surface area contributed by atoms with Crippen LogP contribution in [0.5, 0.6) is 0 Å². The zero-order chi connectivity index (χ0) is 11.3. The molecule has 0 aliphatic carbocycles. The Morgan fingerprint density at radius 1 is 1.47 bits per heavy atom. The maximum absolute atomic E-state index is 11.4. The van der Waals surface area contributed by atoms with Gasteiger partial charge in [0.1, 0.15) is 6.04 Å². The highest BCUT2D eigenvalue weighted by molar-refractivity contribution is 5.75. The summed E-state index contributed by atoms with van der Waals surface area (Å²) in [6, 6.07) is 0.402. The maximum atomic E-state index is 11.4. The Bertz CT molecular complexity index is 205. The first-order valence-corrected chi connectivity index (χ1v) is 5.78. The molecule has 4 nitrogen and oxygen atoms in total. The van der Waals surface area contributed by atoms with Gasteiger partial charge in [-0.1, -0.05) is 13.8 Å². The maximum Gasteiger partial charge on any atom is 0.322 e. The summed E-state index contributed by atoms with van der Waals surface area (Å²) in [5.74, 6) is -0.133. The summed E-state index contributed by atoms with van der Waals surface area (Å²) in [6.45, 7) is 7.34. The van der Waals surface area contributed by atoms with Gasteiger partial charge in [-0.05, 0) is 32.5 Å². The molecule has 0 aromatic heterocycles. The van der Waals surface area contributed by atoms with Gasteiger partial charge in [-0.25, -0.2) is 0 Å². The Balaban J connectivity index is 2.51. The Morgan fingerprint density at radius 2 is 2.13 bits per heavy atom. The SMILES string of the molecule is CCN(CC)C1CCNC(C(=O)OC)C1. The summed E-state index contributed by atoms with van der Waals surface area (Å²) in [7, 11) is 1.45. The zero-order valence-electron chi connectivity index (χ0n) is 9.95. The molecule has 2 unspecified atom stereocenters. The highest BCUT2D eigenvalue weighted by atomic mass is 16.5. The highest BCUT2D eigenvalue weighted by Gasteiger charge is 2.29. The molecule has 1 fully saturated rings. The smallest absolute Gasteiger partial charge is 0.322 e. The van der Waals surface area contributed by atoms with Gasteiger partial charge >= 0.3 is 5.97 Å². The second kappa shape index (κ2) is 6.08. The molecule has 4 heteroatoms. The molecule has 0 saturated carbocycles. The molecule has 1 saturated heterocycles. The van der Waals surface area contributed by atoms with E-state index in [1.54, 1.807) is 0 Å². The lowest BCUT2D eigenvalue weighted by molar-refractivity contribution is -0.144. The van der Waals surface area contributed by atoms with Crippen LogP contribution in [0, 0.1) is 0 Å². The molecule has 0 bridgehead atoms. The highest BCUT2D eigenvalue weighted by Crippen LogP contribution is 2.15. The number of nitrogens with zero attached hydrogens (tertiary/aromatic N) is 1. The van der Waals surface area contributed by atoms with E-state index in [1.165, 1.54) is 7.11 Å². The standard InChI is InChI=1S/C11H22N2O2/c1-4-13(5-2)9-6-7-12-10(8-9)11(14)15-3/h9-10,12H,4-8H2,1-3H3. The van der Waals surface area contributed by atoms with Crippen molar-refractivity contribution in [2.24, 2.45) is 0 Å². The minimum absolute atomic E-state index is 0.116. The van der Waals surface area contributed by atoms with Gasteiger partial charge in [0.2, 0.25) is 0 Å². The van der Waals surface area contributed by atoms with Gasteiger partial charge in [0, 0.05) is 6.04 Å². The fourth-order valence-electron chi connectivity index (χ4n) is 2.29. The van der Waals surface area contributed by atoms with Crippen molar-refractivity contribution >= 4 is 5.97 Å². The van der Waals surface area contributed by atoms with Crippen LogP contribution in [0.15, 0.2) is 0 Å². The predicted molar refractivity (Wildman–Crippen MR) is 59.7 cm³/mol. The van der Waals surface area contributed by atoms with Crippen LogP contribution >= 0.6 is 0 Å². The molecular formula is C11H22N2O2. The molecule has 0 aromatic carbocycles. The average molecular weight is 214 g/mol. The zero-order valence-corrected chi connectivity index (χ0v) is 9.95. The van der Waals surface area contributed by atoms with E-state index in [2.05, 4.69) is 24.1 Å². The van der Waals surface area contributed by atoms with Gasteiger partial charge in [-0.2, -0.15) is 0 Å². The Kier molecular flexibility index (Phi) is 5.05. The van der Waals surface area contributed by atoms with E-state index in [1.807, 2.05) is 0 Å². The molecule has 1 rings (SSSR count).